The second-order valence-electron chi connectivity index (χ2n) is 8.89. The summed E-state index contributed by atoms with van der Waals surface area (Å²) in [6, 6.07) is 1.21. The lowest BCUT2D eigenvalue weighted by Crippen LogP contribution is -2.64. The van der Waals surface area contributed by atoms with Crippen molar-refractivity contribution in [3.05, 3.63) is 0 Å². The molecule has 2 heterocycles. The zero-order valence-electron chi connectivity index (χ0n) is 14.3. The molecule has 20 heavy (non-hydrogen) atoms. The predicted molar refractivity (Wildman–Crippen MR) is 85.0 cm³/mol. The first-order valence-electron chi connectivity index (χ1n) is 8.23. The second-order valence-corrected chi connectivity index (χ2v) is 8.89. The van der Waals surface area contributed by atoms with Gasteiger partial charge in [0.05, 0.1) is 6.61 Å². The fourth-order valence-corrected chi connectivity index (χ4v) is 3.50. The third kappa shape index (κ3) is 3.96. The van der Waals surface area contributed by atoms with Crippen LogP contribution in [0.4, 0.5) is 0 Å². The van der Waals surface area contributed by atoms with Gasteiger partial charge in [-0.25, -0.2) is 0 Å². The summed E-state index contributed by atoms with van der Waals surface area (Å²) >= 11 is 0. The number of hydrogen-bond acceptors (Lipinski definition) is 3. The van der Waals surface area contributed by atoms with Crippen LogP contribution in [0.5, 0.6) is 0 Å². The van der Waals surface area contributed by atoms with Crippen molar-refractivity contribution in [2.45, 2.75) is 60.0 Å². The first-order chi connectivity index (χ1) is 9.18. The van der Waals surface area contributed by atoms with Gasteiger partial charge in [0, 0.05) is 38.3 Å². The van der Waals surface area contributed by atoms with Gasteiger partial charge >= 0.3 is 0 Å². The van der Waals surface area contributed by atoms with Crippen LogP contribution in [0.15, 0.2) is 0 Å². The molecule has 0 amide bonds. The lowest BCUT2D eigenvalue weighted by atomic mass is 9.79. The molecular weight excluding hydrogens is 248 g/mol. The molecule has 0 aromatic carbocycles. The van der Waals surface area contributed by atoms with E-state index in [2.05, 4.69) is 51.8 Å². The molecule has 2 aliphatic heterocycles. The zero-order valence-corrected chi connectivity index (χ0v) is 14.3. The Morgan fingerprint density at radius 3 is 2.30 bits per heavy atom. The minimum Gasteiger partial charge on any atom is -0.381 e. The first kappa shape index (κ1) is 16.3. The Bertz CT molecular complexity index is 310. The van der Waals surface area contributed by atoms with Crippen LogP contribution in [0.1, 0.15) is 48.0 Å². The Labute approximate surface area is 125 Å². The highest BCUT2D eigenvalue weighted by Gasteiger charge is 2.39. The van der Waals surface area contributed by atoms with E-state index in [0.29, 0.717) is 22.9 Å². The van der Waals surface area contributed by atoms with Gasteiger partial charge in [-0.05, 0) is 23.2 Å². The van der Waals surface area contributed by atoms with Crippen molar-refractivity contribution in [2.24, 2.45) is 16.7 Å². The van der Waals surface area contributed by atoms with Gasteiger partial charge in [-0.2, -0.15) is 0 Å². The molecule has 3 unspecified atom stereocenters. The molecule has 2 rings (SSSR count). The quantitative estimate of drug-likeness (QED) is 0.843. The highest BCUT2D eigenvalue weighted by Crippen LogP contribution is 2.31. The van der Waals surface area contributed by atoms with Crippen LogP contribution in [0.3, 0.4) is 0 Å². The van der Waals surface area contributed by atoms with E-state index < -0.39 is 0 Å². The minimum absolute atomic E-state index is 0.327. The van der Waals surface area contributed by atoms with Crippen molar-refractivity contribution >= 4 is 0 Å². The van der Waals surface area contributed by atoms with Crippen LogP contribution < -0.4 is 5.32 Å². The van der Waals surface area contributed by atoms with Crippen molar-refractivity contribution in [3.8, 4) is 0 Å². The standard InChI is InChI=1S/C17H34N2O/c1-16(2,3)14-11-19(10-13-7-8-20-12-13)15(9-18-14)17(4,5)6/h13-15,18H,7-12H2,1-6H3. The molecule has 118 valence electrons. The van der Waals surface area contributed by atoms with E-state index in [1.54, 1.807) is 0 Å². The van der Waals surface area contributed by atoms with Gasteiger partial charge < -0.3 is 10.1 Å². The minimum atomic E-state index is 0.327. The largest absolute Gasteiger partial charge is 0.381 e. The summed E-state index contributed by atoms with van der Waals surface area (Å²) in [4.78, 5) is 2.74. The molecule has 0 aromatic rings. The van der Waals surface area contributed by atoms with E-state index in [9.17, 15) is 0 Å². The average molecular weight is 282 g/mol. The fraction of sp³-hybridized carbons (Fsp3) is 1.00. The summed E-state index contributed by atoms with van der Waals surface area (Å²) < 4.78 is 5.57. The summed E-state index contributed by atoms with van der Waals surface area (Å²) in [5, 5.41) is 3.80. The third-order valence-electron chi connectivity index (χ3n) is 4.98. The molecular formula is C17H34N2O. The number of nitrogens with zero attached hydrogens (tertiary/aromatic N) is 1. The molecule has 3 heteroatoms. The predicted octanol–water partition coefficient (Wildman–Crippen LogP) is 2.76. The van der Waals surface area contributed by atoms with Crippen molar-refractivity contribution in [2.75, 3.05) is 32.8 Å². The van der Waals surface area contributed by atoms with Crippen molar-refractivity contribution in [3.63, 3.8) is 0 Å². The molecule has 2 aliphatic rings. The van der Waals surface area contributed by atoms with Crippen LogP contribution in [-0.2, 0) is 4.74 Å². The Kier molecular flexibility index (Phi) is 4.83. The van der Waals surface area contributed by atoms with Gasteiger partial charge in [-0.15, -0.1) is 0 Å². The van der Waals surface area contributed by atoms with E-state index in [1.165, 1.54) is 19.5 Å². The molecule has 2 saturated heterocycles. The summed E-state index contributed by atoms with van der Waals surface area (Å²) in [6.45, 7) is 19.5. The molecule has 0 bridgehead atoms. The first-order valence-corrected chi connectivity index (χ1v) is 8.23. The molecule has 1 N–H and O–H groups in total. The van der Waals surface area contributed by atoms with Crippen LogP contribution >= 0.6 is 0 Å². The van der Waals surface area contributed by atoms with Crippen molar-refractivity contribution in [1.29, 1.82) is 0 Å². The number of piperazine rings is 1. The number of nitrogens with one attached hydrogen (secondary N) is 1. The zero-order chi connectivity index (χ0) is 15.0. The lowest BCUT2D eigenvalue weighted by Gasteiger charge is -2.50. The molecule has 2 fully saturated rings. The van der Waals surface area contributed by atoms with Gasteiger partial charge in [0.25, 0.3) is 0 Å². The lowest BCUT2D eigenvalue weighted by molar-refractivity contribution is 0.0187. The molecule has 0 aromatic heterocycles. The monoisotopic (exact) mass is 282 g/mol. The van der Waals surface area contributed by atoms with E-state index in [4.69, 9.17) is 4.74 Å². The molecule has 0 saturated carbocycles. The Hall–Kier alpha value is -0.120. The smallest absolute Gasteiger partial charge is 0.0507 e. The summed E-state index contributed by atoms with van der Waals surface area (Å²) in [5.41, 5.74) is 0.655. The second kappa shape index (κ2) is 5.94. The van der Waals surface area contributed by atoms with Crippen LogP contribution in [-0.4, -0.2) is 49.8 Å². The van der Waals surface area contributed by atoms with Crippen molar-refractivity contribution in [1.82, 2.24) is 10.2 Å². The summed E-state index contributed by atoms with van der Waals surface area (Å²) in [7, 11) is 0. The Morgan fingerprint density at radius 2 is 1.80 bits per heavy atom. The summed E-state index contributed by atoms with van der Waals surface area (Å²) in [6.07, 6.45) is 1.24. The molecule has 3 nitrogen and oxygen atoms in total. The molecule has 0 spiro atoms. The van der Waals surface area contributed by atoms with Gasteiger partial charge in [0.2, 0.25) is 0 Å². The highest BCUT2D eigenvalue weighted by molar-refractivity contribution is 4.96. The fourth-order valence-electron chi connectivity index (χ4n) is 3.50. The molecule has 0 radical (unpaired) electrons. The van der Waals surface area contributed by atoms with E-state index >= 15 is 0 Å². The van der Waals surface area contributed by atoms with E-state index in [-0.39, 0.29) is 0 Å². The molecule has 0 aliphatic carbocycles. The SMILES string of the molecule is CC(C)(C)C1CN(CC2CCOC2)C(C(C)(C)C)CN1. The van der Waals surface area contributed by atoms with Crippen molar-refractivity contribution < 1.29 is 4.74 Å². The van der Waals surface area contributed by atoms with Gasteiger partial charge in [-0.3, -0.25) is 4.90 Å². The maximum atomic E-state index is 5.57. The summed E-state index contributed by atoms with van der Waals surface area (Å²) in [5.74, 6) is 0.735. The molecule has 3 atom stereocenters. The van der Waals surface area contributed by atoms with E-state index in [0.717, 1.165) is 25.7 Å². The third-order valence-corrected chi connectivity index (χ3v) is 4.98. The highest BCUT2D eigenvalue weighted by atomic mass is 16.5. The topological polar surface area (TPSA) is 24.5 Å². The number of hydrogen-bond donors (Lipinski definition) is 1. The maximum Gasteiger partial charge on any atom is 0.0507 e. The number of ether oxygens (including phenoxy) is 1. The van der Waals surface area contributed by atoms with Gasteiger partial charge in [-0.1, -0.05) is 41.5 Å². The van der Waals surface area contributed by atoms with E-state index in [1.807, 2.05) is 0 Å². The normalized spacial score (nSPS) is 33.6. The Morgan fingerprint density at radius 1 is 1.10 bits per heavy atom. The van der Waals surface area contributed by atoms with Gasteiger partial charge in [0.1, 0.15) is 0 Å². The van der Waals surface area contributed by atoms with Gasteiger partial charge in [0.15, 0.2) is 0 Å². The Balaban J connectivity index is 2.06. The van der Waals surface area contributed by atoms with Crippen LogP contribution in [0.25, 0.3) is 0 Å². The average Bonchev–Trinajstić information content (AvgIpc) is 2.79. The van der Waals surface area contributed by atoms with Crippen LogP contribution in [0, 0.1) is 16.7 Å². The maximum absolute atomic E-state index is 5.57. The van der Waals surface area contributed by atoms with Crippen LogP contribution in [0.2, 0.25) is 0 Å². The number of rotatable bonds is 2.